The van der Waals surface area contributed by atoms with E-state index in [9.17, 15) is 9.59 Å². The van der Waals surface area contributed by atoms with Gasteiger partial charge in [-0.2, -0.15) is 4.98 Å². The van der Waals surface area contributed by atoms with Crippen LogP contribution in [0.3, 0.4) is 0 Å². The van der Waals surface area contributed by atoms with E-state index in [-0.39, 0.29) is 16.8 Å². The molecule has 3 aromatic heterocycles. The van der Waals surface area contributed by atoms with Crippen molar-refractivity contribution in [3.8, 4) is 11.1 Å². The number of hydrogen-bond donors (Lipinski definition) is 3. The van der Waals surface area contributed by atoms with Gasteiger partial charge in [-0.15, -0.1) is 4.73 Å². The molecule has 210 valence electrons. The van der Waals surface area contributed by atoms with Crippen molar-refractivity contribution in [2.24, 2.45) is 0 Å². The second kappa shape index (κ2) is 12.5. The minimum atomic E-state index is -0.469. The maximum atomic E-state index is 13.5. The van der Waals surface area contributed by atoms with Crippen molar-refractivity contribution in [2.45, 2.75) is 19.9 Å². The predicted molar refractivity (Wildman–Crippen MR) is 160 cm³/mol. The summed E-state index contributed by atoms with van der Waals surface area (Å²) in [4.78, 5) is 47.0. The van der Waals surface area contributed by atoms with Crippen molar-refractivity contribution in [3.05, 3.63) is 68.7 Å². The van der Waals surface area contributed by atoms with E-state index in [4.69, 9.17) is 28.0 Å². The largest absolute Gasteiger partial charge is 0.412 e. The Kier molecular flexibility index (Phi) is 9.08. The molecule has 0 aliphatic carbocycles. The average molecular weight is 585 g/mol. The first-order valence-corrected chi connectivity index (χ1v) is 13.2. The Bertz CT molecular complexity index is 1610. The fraction of sp³-hybridized carbons (Fsp3) is 0.296. The molecule has 0 aliphatic heterocycles. The zero-order valence-corrected chi connectivity index (χ0v) is 24.3. The van der Waals surface area contributed by atoms with E-state index in [1.54, 1.807) is 36.5 Å². The van der Waals surface area contributed by atoms with Crippen molar-refractivity contribution < 1.29 is 9.63 Å². The number of rotatable bonds is 10. The monoisotopic (exact) mass is 584 g/mol. The van der Waals surface area contributed by atoms with Crippen molar-refractivity contribution in [1.29, 1.82) is 0 Å². The maximum absolute atomic E-state index is 13.5. The minimum absolute atomic E-state index is 0.107. The zero-order chi connectivity index (χ0) is 29.0. The van der Waals surface area contributed by atoms with Crippen molar-refractivity contribution >= 4 is 57.6 Å². The SMILES string of the molecule is COn1c(=O)c(-c2cc(NC(=O)c3cc(Cl)nc(NC(C)C)c3)ccc2Cl)cc2cnc(NCCN(C)C)nc21. The number of carbonyl (C=O) groups is 1. The standard InChI is InChI=1S/C27H30Cl2N8O3/c1-15(2)32-23-12-16(11-22(29)34-23)25(38)33-18-6-7-21(28)19(13-18)20-10-17-14-31-27(30-8-9-36(3)4)35-24(17)37(40-5)26(20)39/h6-7,10-15H,8-9H2,1-5H3,(H,32,34)(H,33,38)(H,30,31,35). The molecule has 0 atom stereocenters. The zero-order valence-electron chi connectivity index (χ0n) is 22.7. The summed E-state index contributed by atoms with van der Waals surface area (Å²) in [5, 5.41) is 10.2. The first kappa shape index (κ1) is 29.1. The fourth-order valence-electron chi connectivity index (χ4n) is 3.92. The van der Waals surface area contributed by atoms with Crippen LogP contribution in [0.4, 0.5) is 17.5 Å². The summed E-state index contributed by atoms with van der Waals surface area (Å²) in [6, 6.07) is 9.71. The molecule has 0 spiro atoms. The van der Waals surface area contributed by atoms with Crippen LogP contribution in [0, 0.1) is 0 Å². The molecule has 0 saturated carbocycles. The molecule has 0 bridgehead atoms. The van der Waals surface area contributed by atoms with Crippen LogP contribution in [0.1, 0.15) is 24.2 Å². The van der Waals surface area contributed by atoms with Crippen LogP contribution in [-0.4, -0.2) is 70.8 Å². The van der Waals surface area contributed by atoms with Crippen LogP contribution in [0.2, 0.25) is 10.2 Å². The number of likely N-dealkylation sites (N-methyl/N-ethyl adjacent to an activating group) is 1. The Balaban J connectivity index is 1.67. The molecule has 11 nitrogen and oxygen atoms in total. The van der Waals surface area contributed by atoms with Crippen LogP contribution in [0.5, 0.6) is 0 Å². The van der Waals surface area contributed by atoms with Crippen LogP contribution in [0.15, 0.2) is 47.4 Å². The summed E-state index contributed by atoms with van der Waals surface area (Å²) in [5.74, 6) is 0.455. The van der Waals surface area contributed by atoms with Gasteiger partial charge in [0, 0.05) is 52.6 Å². The van der Waals surface area contributed by atoms with Crippen LogP contribution < -0.4 is 26.3 Å². The molecular formula is C27H30Cl2N8O3. The molecule has 0 unspecified atom stereocenters. The highest BCUT2D eigenvalue weighted by Gasteiger charge is 2.18. The minimum Gasteiger partial charge on any atom is -0.412 e. The molecule has 40 heavy (non-hydrogen) atoms. The summed E-state index contributed by atoms with van der Waals surface area (Å²) in [6.45, 7) is 5.32. The van der Waals surface area contributed by atoms with E-state index >= 15 is 0 Å². The molecule has 0 fully saturated rings. The van der Waals surface area contributed by atoms with Gasteiger partial charge in [-0.05, 0) is 64.3 Å². The number of amides is 1. The average Bonchev–Trinajstić information content (AvgIpc) is 2.88. The molecule has 3 heterocycles. The number of fused-ring (bicyclic) bond motifs is 1. The van der Waals surface area contributed by atoms with Crippen LogP contribution >= 0.6 is 23.2 Å². The van der Waals surface area contributed by atoms with Crippen molar-refractivity contribution in [3.63, 3.8) is 0 Å². The van der Waals surface area contributed by atoms with E-state index in [1.165, 1.54) is 13.2 Å². The smallest absolute Gasteiger partial charge is 0.293 e. The van der Waals surface area contributed by atoms with E-state index in [1.807, 2.05) is 32.8 Å². The Morgan fingerprint density at radius 2 is 1.88 bits per heavy atom. The lowest BCUT2D eigenvalue weighted by atomic mass is 10.1. The second-order valence-corrected chi connectivity index (χ2v) is 10.3. The van der Waals surface area contributed by atoms with Gasteiger partial charge in [-0.1, -0.05) is 23.2 Å². The highest BCUT2D eigenvalue weighted by Crippen LogP contribution is 2.30. The summed E-state index contributed by atoms with van der Waals surface area (Å²) >= 11 is 12.7. The Morgan fingerprint density at radius 1 is 1.10 bits per heavy atom. The van der Waals surface area contributed by atoms with Gasteiger partial charge in [-0.3, -0.25) is 9.59 Å². The number of anilines is 3. The summed E-state index contributed by atoms with van der Waals surface area (Å²) in [7, 11) is 5.31. The van der Waals surface area contributed by atoms with Gasteiger partial charge in [-0.25, -0.2) is 9.97 Å². The number of benzene rings is 1. The second-order valence-electron chi connectivity index (χ2n) is 9.55. The van der Waals surface area contributed by atoms with Gasteiger partial charge in [0.2, 0.25) is 5.95 Å². The molecule has 3 N–H and O–H groups in total. The van der Waals surface area contributed by atoms with Gasteiger partial charge < -0.3 is 25.7 Å². The third-order valence-corrected chi connectivity index (χ3v) is 6.26. The highest BCUT2D eigenvalue weighted by molar-refractivity contribution is 6.33. The summed E-state index contributed by atoms with van der Waals surface area (Å²) in [6.07, 6.45) is 1.61. The molecule has 0 saturated heterocycles. The number of halogens is 2. The topological polar surface area (TPSA) is 126 Å². The lowest BCUT2D eigenvalue weighted by Gasteiger charge is -2.14. The number of nitrogens with zero attached hydrogens (tertiary/aromatic N) is 5. The van der Waals surface area contributed by atoms with E-state index < -0.39 is 11.5 Å². The number of carbonyl (C=O) groups excluding carboxylic acids is 1. The molecule has 4 aromatic rings. The van der Waals surface area contributed by atoms with Gasteiger partial charge >= 0.3 is 0 Å². The van der Waals surface area contributed by atoms with E-state index in [0.29, 0.717) is 51.2 Å². The highest BCUT2D eigenvalue weighted by atomic mass is 35.5. The number of nitrogens with one attached hydrogen (secondary N) is 3. The van der Waals surface area contributed by atoms with Gasteiger partial charge in [0.1, 0.15) is 18.1 Å². The first-order chi connectivity index (χ1) is 19.0. The molecule has 0 aliphatic rings. The van der Waals surface area contributed by atoms with Crippen molar-refractivity contribution in [2.75, 3.05) is 50.2 Å². The lowest BCUT2D eigenvalue weighted by molar-refractivity contribution is 0.102. The maximum Gasteiger partial charge on any atom is 0.293 e. The van der Waals surface area contributed by atoms with Gasteiger partial charge in [0.05, 0.1) is 5.56 Å². The number of hydrogen-bond acceptors (Lipinski definition) is 9. The third kappa shape index (κ3) is 6.79. The molecule has 0 radical (unpaired) electrons. The van der Waals surface area contributed by atoms with E-state index in [2.05, 4.69) is 30.9 Å². The summed E-state index contributed by atoms with van der Waals surface area (Å²) in [5.41, 5.74) is 1.24. The Labute approximate surface area is 241 Å². The predicted octanol–water partition coefficient (Wildman–Crippen LogP) is 4.26. The number of pyridine rings is 2. The lowest BCUT2D eigenvalue weighted by Crippen LogP contribution is -2.28. The normalized spacial score (nSPS) is 11.2. The molecule has 1 aromatic carbocycles. The summed E-state index contributed by atoms with van der Waals surface area (Å²) < 4.78 is 1.09. The number of aromatic nitrogens is 4. The fourth-order valence-corrected chi connectivity index (χ4v) is 4.35. The first-order valence-electron chi connectivity index (χ1n) is 12.5. The van der Waals surface area contributed by atoms with Gasteiger partial charge in [0.15, 0.2) is 5.65 Å². The molecule has 1 amide bonds. The molecular weight excluding hydrogens is 555 g/mol. The van der Waals surface area contributed by atoms with Gasteiger partial charge in [0.25, 0.3) is 11.5 Å². The van der Waals surface area contributed by atoms with Crippen molar-refractivity contribution in [1.82, 2.24) is 24.6 Å². The molecule has 4 rings (SSSR count). The van der Waals surface area contributed by atoms with Crippen LogP contribution in [0.25, 0.3) is 22.2 Å². The quantitative estimate of drug-likeness (QED) is 0.234. The Hall–Kier alpha value is -3.93. The van der Waals surface area contributed by atoms with E-state index in [0.717, 1.165) is 11.3 Å². The Morgan fingerprint density at radius 3 is 2.58 bits per heavy atom. The van der Waals surface area contributed by atoms with Crippen LogP contribution in [-0.2, 0) is 0 Å². The third-order valence-electron chi connectivity index (χ3n) is 5.73. The molecule has 13 heteroatoms.